The van der Waals surface area contributed by atoms with Gasteiger partial charge in [0.1, 0.15) is 23.6 Å². The Labute approximate surface area is 209 Å². The average Bonchev–Trinajstić information content (AvgIpc) is 2.80. The normalized spacial score (nSPS) is 11.9. The van der Waals surface area contributed by atoms with Crippen molar-refractivity contribution in [1.82, 2.24) is 9.97 Å². The number of primary sulfonamides is 1. The molecule has 37 heavy (non-hydrogen) atoms. The van der Waals surface area contributed by atoms with Gasteiger partial charge in [0.25, 0.3) is 0 Å². The summed E-state index contributed by atoms with van der Waals surface area (Å²) in [5, 5.41) is 15.9. The smallest absolute Gasteiger partial charge is 0.490 e. The maximum Gasteiger partial charge on any atom is 0.490 e. The first-order chi connectivity index (χ1) is 17.0. The average molecular weight is 567 g/mol. The number of alkyl halides is 3. The van der Waals surface area contributed by atoms with E-state index in [-0.39, 0.29) is 21.9 Å². The van der Waals surface area contributed by atoms with E-state index in [1.807, 2.05) is 0 Å². The van der Waals surface area contributed by atoms with Crippen LogP contribution in [0.15, 0.2) is 46.5 Å². The number of ether oxygens (including phenoxy) is 2. The summed E-state index contributed by atoms with van der Waals surface area (Å²) in [4.78, 5) is 17.1. The molecule has 0 bridgehead atoms. The maximum absolute atomic E-state index is 12.1. The van der Waals surface area contributed by atoms with Crippen molar-refractivity contribution in [3.8, 4) is 11.5 Å². The number of nitrogens with zero attached hydrogens (tertiary/aromatic N) is 2. The number of nitrogens with one attached hydrogen (secondary N) is 1. The molecule has 0 amide bonds. The minimum absolute atomic E-state index is 0.0191. The zero-order valence-corrected chi connectivity index (χ0v) is 21.0. The van der Waals surface area contributed by atoms with E-state index in [0.29, 0.717) is 28.2 Å². The molecule has 1 aromatic heterocycles. The highest BCUT2D eigenvalue weighted by atomic mass is 32.2. The van der Waals surface area contributed by atoms with E-state index in [2.05, 4.69) is 15.3 Å². The van der Waals surface area contributed by atoms with Gasteiger partial charge in [0.05, 0.1) is 34.9 Å². The first kappa shape index (κ1) is 29.5. The monoisotopic (exact) mass is 566 g/mol. The van der Waals surface area contributed by atoms with Crippen LogP contribution in [0.2, 0.25) is 0 Å². The molecule has 3 aromatic rings. The molecule has 0 saturated heterocycles. The van der Waals surface area contributed by atoms with Gasteiger partial charge in [-0.05, 0) is 23.8 Å². The summed E-state index contributed by atoms with van der Waals surface area (Å²) in [6, 6.07) is 6.97. The highest BCUT2D eigenvalue weighted by Crippen LogP contribution is 2.34. The molecule has 0 aliphatic heterocycles. The Morgan fingerprint density at radius 2 is 1.70 bits per heavy atom. The number of nitrogens with two attached hydrogens (primary N) is 1. The molecule has 0 atom stereocenters. The topological polar surface area (TPSA) is 188 Å². The van der Waals surface area contributed by atoms with Gasteiger partial charge >= 0.3 is 12.1 Å². The summed E-state index contributed by atoms with van der Waals surface area (Å²) in [5.74, 6) is -1.38. The highest BCUT2D eigenvalue weighted by molar-refractivity contribution is 7.90. The van der Waals surface area contributed by atoms with Crippen molar-refractivity contribution in [2.45, 2.75) is 22.5 Å². The van der Waals surface area contributed by atoms with Crippen molar-refractivity contribution in [2.24, 2.45) is 5.14 Å². The number of anilines is 1. The summed E-state index contributed by atoms with van der Waals surface area (Å²) >= 11 is 0. The zero-order valence-electron chi connectivity index (χ0n) is 19.4. The fourth-order valence-electron chi connectivity index (χ4n) is 2.95. The van der Waals surface area contributed by atoms with Gasteiger partial charge in [-0.1, -0.05) is 0 Å². The van der Waals surface area contributed by atoms with Crippen molar-refractivity contribution < 1.29 is 49.4 Å². The van der Waals surface area contributed by atoms with Crippen LogP contribution in [0.3, 0.4) is 0 Å². The largest absolute Gasteiger partial charge is 0.497 e. The van der Waals surface area contributed by atoms with Crippen LogP contribution >= 0.6 is 0 Å². The molecule has 0 saturated carbocycles. The molecule has 12 nitrogen and oxygen atoms in total. The molecular weight excluding hydrogens is 545 g/mol. The van der Waals surface area contributed by atoms with E-state index in [4.69, 9.17) is 24.5 Å². The predicted molar refractivity (Wildman–Crippen MR) is 125 cm³/mol. The van der Waals surface area contributed by atoms with Crippen LogP contribution in [0.4, 0.5) is 19.0 Å². The van der Waals surface area contributed by atoms with E-state index in [1.165, 1.54) is 32.7 Å². The zero-order chi connectivity index (χ0) is 28.2. The van der Waals surface area contributed by atoms with E-state index in [0.717, 1.165) is 12.3 Å². The summed E-state index contributed by atoms with van der Waals surface area (Å²) in [6.45, 7) is -0.0347. The lowest BCUT2D eigenvalue weighted by molar-refractivity contribution is -0.192. The second-order valence-corrected chi connectivity index (χ2v) is 10.7. The Bertz CT molecular complexity index is 1530. The summed E-state index contributed by atoms with van der Waals surface area (Å²) in [6.07, 6.45) is -2.71. The lowest BCUT2D eigenvalue weighted by Crippen LogP contribution is -2.21. The molecule has 1 heterocycles. The summed E-state index contributed by atoms with van der Waals surface area (Å²) in [5.41, 5.74) is 0.772. The maximum atomic E-state index is 12.1. The standard InChI is InChI=1S/C18H20N4O6S2.C2HF3O2/c1-27-12-7-14-17(15(8-12)28-2)18(22-10-21-14)20-9-11-6-13(30(19,25)26)4-5-16(11)29(3,23)24;3-2(4,5)1(6)7/h4-8,10H,9H2,1-3H3,(H2,19,25,26)(H,20,21,22);(H,6,7). The first-order valence-electron chi connectivity index (χ1n) is 9.75. The van der Waals surface area contributed by atoms with Gasteiger partial charge in [0.2, 0.25) is 10.0 Å². The molecule has 0 fully saturated rings. The summed E-state index contributed by atoms with van der Waals surface area (Å²) < 4.78 is 90.1. The molecule has 202 valence electrons. The Morgan fingerprint density at radius 1 is 1.08 bits per heavy atom. The van der Waals surface area contributed by atoms with E-state index in [9.17, 15) is 30.0 Å². The quantitative estimate of drug-likeness (QED) is 0.379. The van der Waals surface area contributed by atoms with E-state index < -0.39 is 32.0 Å². The van der Waals surface area contributed by atoms with Gasteiger partial charge in [-0.15, -0.1) is 0 Å². The Balaban J connectivity index is 0.000000604. The number of hydrogen-bond acceptors (Lipinski definition) is 10. The molecule has 2 aromatic carbocycles. The van der Waals surface area contributed by atoms with Crippen LogP contribution in [-0.4, -0.2) is 64.5 Å². The fraction of sp³-hybridized carbons (Fsp3) is 0.250. The number of methoxy groups -OCH3 is 2. The number of carbonyl (C=O) groups is 1. The van der Waals surface area contributed by atoms with Crippen molar-refractivity contribution in [1.29, 1.82) is 0 Å². The van der Waals surface area contributed by atoms with Gasteiger partial charge in [0.15, 0.2) is 9.84 Å². The molecule has 4 N–H and O–H groups in total. The molecular formula is C20H21F3N4O8S2. The van der Waals surface area contributed by atoms with Crippen LogP contribution < -0.4 is 19.9 Å². The molecule has 0 aliphatic carbocycles. The lowest BCUT2D eigenvalue weighted by atomic mass is 10.2. The molecule has 0 unspecified atom stereocenters. The van der Waals surface area contributed by atoms with Crippen molar-refractivity contribution in [3.05, 3.63) is 42.2 Å². The first-order valence-corrected chi connectivity index (χ1v) is 13.2. The third kappa shape index (κ3) is 7.64. The Kier molecular flexibility index (Phi) is 8.89. The number of hydrogen-bond donors (Lipinski definition) is 3. The van der Waals surface area contributed by atoms with Gasteiger partial charge in [0, 0.05) is 24.9 Å². The number of sulfone groups is 1. The Hall–Kier alpha value is -3.70. The van der Waals surface area contributed by atoms with Gasteiger partial charge < -0.3 is 19.9 Å². The second-order valence-electron chi connectivity index (χ2n) is 7.19. The van der Waals surface area contributed by atoms with E-state index >= 15 is 0 Å². The van der Waals surface area contributed by atoms with Gasteiger partial charge in [-0.3, -0.25) is 0 Å². The predicted octanol–water partition coefficient (Wildman–Crippen LogP) is 1.94. The molecule has 0 aliphatic rings. The fourth-order valence-corrected chi connectivity index (χ4v) is 4.44. The third-order valence-corrected chi connectivity index (χ3v) is 6.69. The summed E-state index contributed by atoms with van der Waals surface area (Å²) in [7, 11) is -4.61. The van der Waals surface area contributed by atoms with Crippen LogP contribution in [0, 0.1) is 0 Å². The second kappa shape index (κ2) is 11.1. The number of fused-ring (bicyclic) bond motifs is 1. The molecule has 17 heteroatoms. The highest BCUT2D eigenvalue weighted by Gasteiger charge is 2.38. The van der Waals surface area contributed by atoms with Crippen LogP contribution in [0.5, 0.6) is 11.5 Å². The third-order valence-electron chi connectivity index (χ3n) is 4.58. The minimum Gasteiger partial charge on any atom is -0.497 e. The van der Waals surface area contributed by atoms with Crippen molar-refractivity contribution in [2.75, 3.05) is 25.8 Å². The van der Waals surface area contributed by atoms with Crippen molar-refractivity contribution in [3.63, 3.8) is 0 Å². The van der Waals surface area contributed by atoms with Gasteiger partial charge in [-0.25, -0.2) is 36.7 Å². The van der Waals surface area contributed by atoms with E-state index in [1.54, 1.807) is 12.1 Å². The molecule has 3 rings (SSSR count). The molecule has 0 radical (unpaired) electrons. The number of benzene rings is 2. The van der Waals surface area contributed by atoms with Crippen LogP contribution in [0.1, 0.15) is 5.56 Å². The number of carboxylic acids is 1. The van der Waals surface area contributed by atoms with Gasteiger partial charge in [-0.2, -0.15) is 13.2 Å². The number of carboxylic acid groups (broad SMARTS) is 1. The van der Waals surface area contributed by atoms with Crippen molar-refractivity contribution >= 4 is 42.6 Å². The van der Waals surface area contributed by atoms with Crippen LogP contribution in [0.25, 0.3) is 10.9 Å². The lowest BCUT2D eigenvalue weighted by Gasteiger charge is -2.14. The number of aromatic nitrogens is 2. The Morgan fingerprint density at radius 3 is 2.19 bits per heavy atom. The number of rotatable bonds is 7. The number of aliphatic carboxylic acids is 1. The van der Waals surface area contributed by atoms with Crippen LogP contribution in [-0.2, 0) is 31.2 Å². The minimum atomic E-state index is -5.08. The number of sulfonamides is 1. The molecule has 0 spiro atoms. The number of halogens is 3. The SMILES string of the molecule is COc1cc(OC)c2c(NCc3cc(S(N)(=O)=O)ccc3S(C)(=O)=O)ncnc2c1.O=C(O)C(F)(F)F.